The summed E-state index contributed by atoms with van der Waals surface area (Å²) in [4.78, 5) is 10.5. The molecule has 1 aromatic carbocycles. The van der Waals surface area contributed by atoms with Gasteiger partial charge in [0.1, 0.15) is 0 Å². The molecule has 0 bridgehead atoms. The predicted molar refractivity (Wildman–Crippen MR) is 78.0 cm³/mol. The third-order valence-corrected chi connectivity index (χ3v) is 2.83. The molecule has 1 aromatic rings. The molecule has 5 nitrogen and oxygen atoms in total. The Kier molecular flexibility index (Phi) is 8.62. The Labute approximate surface area is 120 Å². The summed E-state index contributed by atoms with van der Waals surface area (Å²) >= 11 is 0. The second-order valence-electron chi connectivity index (χ2n) is 4.78. The van der Waals surface area contributed by atoms with Crippen molar-refractivity contribution in [3.05, 3.63) is 35.9 Å². The summed E-state index contributed by atoms with van der Waals surface area (Å²) in [7, 11) is 0. The maximum atomic E-state index is 10.5. The molecule has 1 rings (SSSR count). The fraction of sp³-hybridized carbons (Fsp3) is 0.533. The van der Waals surface area contributed by atoms with Crippen LogP contribution in [-0.2, 0) is 16.1 Å². The van der Waals surface area contributed by atoms with Crippen molar-refractivity contribution in [1.29, 1.82) is 0 Å². The number of nitrogens with one attached hydrogen (secondary N) is 1. The largest absolute Gasteiger partial charge is 0.389 e. The summed E-state index contributed by atoms with van der Waals surface area (Å²) in [5, 5.41) is 12.8. The molecule has 0 aliphatic rings. The molecular formula is C15H24N2O3. The average Bonchev–Trinajstić information content (AvgIpc) is 2.43. The first kappa shape index (κ1) is 16.6. The zero-order chi connectivity index (χ0) is 14.6. The lowest BCUT2D eigenvalue weighted by atomic mass is 10.2. The fourth-order valence-corrected chi connectivity index (χ4v) is 1.76. The number of ether oxygens (including phenoxy) is 1. The van der Waals surface area contributed by atoms with Crippen LogP contribution in [0.4, 0.5) is 0 Å². The Bertz CT molecular complexity index is 371. The number of unbranched alkanes of at least 4 members (excludes halogenated alkanes) is 1. The molecule has 0 heterocycles. The summed E-state index contributed by atoms with van der Waals surface area (Å²) in [6.07, 6.45) is 1.56. The van der Waals surface area contributed by atoms with Crippen molar-refractivity contribution in [2.24, 2.45) is 5.73 Å². The van der Waals surface area contributed by atoms with E-state index in [4.69, 9.17) is 10.5 Å². The molecule has 5 heteroatoms. The van der Waals surface area contributed by atoms with Gasteiger partial charge in [-0.25, -0.2) is 0 Å². The van der Waals surface area contributed by atoms with E-state index in [1.54, 1.807) is 0 Å². The second-order valence-corrected chi connectivity index (χ2v) is 4.78. The Hall–Kier alpha value is -1.43. The van der Waals surface area contributed by atoms with Gasteiger partial charge in [0.15, 0.2) is 0 Å². The van der Waals surface area contributed by atoms with Crippen LogP contribution in [0.2, 0.25) is 0 Å². The van der Waals surface area contributed by atoms with Crippen LogP contribution in [0.25, 0.3) is 0 Å². The summed E-state index contributed by atoms with van der Waals surface area (Å²) in [6, 6.07) is 9.86. The van der Waals surface area contributed by atoms with E-state index in [-0.39, 0.29) is 5.91 Å². The van der Waals surface area contributed by atoms with Gasteiger partial charge in [-0.3, -0.25) is 4.79 Å². The molecule has 4 N–H and O–H groups in total. The summed E-state index contributed by atoms with van der Waals surface area (Å²) in [5.74, 6) is -0.264. The average molecular weight is 280 g/mol. The molecule has 0 radical (unpaired) electrons. The summed E-state index contributed by atoms with van der Waals surface area (Å²) in [6.45, 7) is 2.08. The van der Waals surface area contributed by atoms with Crippen molar-refractivity contribution in [1.82, 2.24) is 5.32 Å². The van der Waals surface area contributed by atoms with E-state index in [9.17, 15) is 9.90 Å². The monoisotopic (exact) mass is 280 g/mol. The van der Waals surface area contributed by atoms with E-state index in [1.807, 2.05) is 30.3 Å². The molecule has 112 valence electrons. The van der Waals surface area contributed by atoms with Gasteiger partial charge in [0, 0.05) is 13.0 Å². The summed E-state index contributed by atoms with van der Waals surface area (Å²) < 4.78 is 5.44. The third kappa shape index (κ3) is 8.63. The Morgan fingerprint density at radius 2 is 2.05 bits per heavy atom. The number of aliphatic hydroxyl groups is 1. The van der Waals surface area contributed by atoms with E-state index >= 15 is 0 Å². The van der Waals surface area contributed by atoms with Crippen molar-refractivity contribution < 1.29 is 14.6 Å². The van der Waals surface area contributed by atoms with Crippen LogP contribution in [0.15, 0.2) is 30.3 Å². The van der Waals surface area contributed by atoms with Crippen molar-refractivity contribution in [2.75, 3.05) is 19.7 Å². The molecule has 0 aliphatic carbocycles. The number of hydrogen-bond acceptors (Lipinski definition) is 4. The molecule has 1 atom stereocenters. The van der Waals surface area contributed by atoms with Crippen LogP contribution in [-0.4, -0.2) is 36.8 Å². The number of carbonyl (C=O) groups is 1. The quantitative estimate of drug-likeness (QED) is 0.524. The minimum Gasteiger partial charge on any atom is -0.389 e. The van der Waals surface area contributed by atoms with Crippen LogP contribution in [0, 0.1) is 0 Å². The van der Waals surface area contributed by atoms with Crippen LogP contribution in [0.1, 0.15) is 24.8 Å². The molecule has 0 fully saturated rings. The van der Waals surface area contributed by atoms with Gasteiger partial charge in [0.25, 0.3) is 0 Å². The number of rotatable bonds is 11. The maximum absolute atomic E-state index is 10.5. The van der Waals surface area contributed by atoms with Crippen LogP contribution >= 0.6 is 0 Å². The van der Waals surface area contributed by atoms with Crippen LogP contribution < -0.4 is 11.1 Å². The minimum atomic E-state index is -0.519. The van der Waals surface area contributed by atoms with E-state index < -0.39 is 6.10 Å². The van der Waals surface area contributed by atoms with Crippen LogP contribution in [0.3, 0.4) is 0 Å². The van der Waals surface area contributed by atoms with Crippen molar-refractivity contribution >= 4 is 5.91 Å². The predicted octanol–water partition coefficient (Wildman–Crippen LogP) is 0.809. The van der Waals surface area contributed by atoms with Gasteiger partial charge in [-0.05, 0) is 24.9 Å². The van der Waals surface area contributed by atoms with E-state index in [0.717, 1.165) is 24.9 Å². The highest BCUT2D eigenvalue weighted by atomic mass is 16.5. The lowest BCUT2D eigenvalue weighted by molar-refractivity contribution is -0.118. The molecule has 0 aliphatic heterocycles. The third-order valence-electron chi connectivity index (χ3n) is 2.83. The second kappa shape index (κ2) is 10.4. The van der Waals surface area contributed by atoms with E-state index in [1.165, 1.54) is 0 Å². The first-order valence-electron chi connectivity index (χ1n) is 6.97. The summed E-state index contributed by atoms with van der Waals surface area (Å²) in [5.41, 5.74) is 6.14. The molecule has 0 aromatic heterocycles. The zero-order valence-corrected chi connectivity index (χ0v) is 11.8. The van der Waals surface area contributed by atoms with Crippen molar-refractivity contribution in [3.63, 3.8) is 0 Å². The number of hydrogen-bond donors (Lipinski definition) is 3. The van der Waals surface area contributed by atoms with Gasteiger partial charge in [-0.2, -0.15) is 0 Å². The first-order chi connectivity index (χ1) is 9.68. The van der Waals surface area contributed by atoms with Gasteiger partial charge in [-0.1, -0.05) is 30.3 Å². The Balaban J connectivity index is 1.95. The Morgan fingerprint density at radius 3 is 2.75 bits per heavy atom. The van der Waals surface area contributed by atoms with Gasteiger partial charge in [0.05, 0.1) is 19.3 Å². The number of primary amides is 1. The smallest absolute Gasteiger partial charge is 0.217 e. The van der Waals surface area contributed by atoms with Crippen molar-refractivity contribution in [2.45, 2.75) is 32.0 Å². The molecule has 1 unspecified atom stereocenters. The zero-order valence-electron chi connectivity index (χ0n) is 11.8. The lowest BCUT2D eigenvalue weighted by Gasteiger charge is -2.12. The minimum absolute atomic E-state index is 0.264. The van der Waals surface area contributed by atoms with Gasteiger partial charge in [-0.15, -0.1) is 0 Å². The fourth-order valence-electron chi connectivity index (χ4n) is 1.76. The Morgan fingerprint density at radius 1 is 1.30 bits per heavy atom. The van der Waals surface area contributed by atoms with Gasteiger partial charge < -0.3 is 20.9 Å². The number of carbonyl (C=O) groups excluding carboxylic acids is 1. The highest BCUT2D eigenvalue weighted by Gasteiger charge is 2.03. The lowest BCUT2D eigenvalue weighted by Crippen LogP contribution is -2.31. The molecule has 0 saturated heterocycles. The highest BCUT2D eigenvalue weighted by Crippen LogP contribution is 2.00. The molecule has 0 saturated carbocycles. The molecule has 0 spiro atoms. The van der Waals surface area contributed by atoms with Gasteiger partial charge >= 0.3 is 0 Å². The normalized spacial score (nSPS) is 12.2. The molecular weight excluding hydrogens is 256 g/mol. The van der Waals surface area contributed by atoms with Gasteiger partial charge in [0.2, 0.25) is 5.91 Å². The van der Waals surface area contributed by atoms with E-state index in [2.05, 4.69) is 5.32 Å². The van der Waals surface area contributed by atoms with Crippen molar-refractivity contribution in [3.8, 4) is 0 Å². The number of nitrogens with two attached hydrogens (primary N) is 1. The first-order valence-corrected chi connectivity index (χ1v) is 6.97. The standard InChI is InChI=1S/C15H24N2O3/c16-15(19)8-4-5-9-17-10-14(18)12-20-11-13-6-2-1-3-7-13/h1-3,6-7,14,17-18H,4-5,8-12H2,(H2,16,19). The van der Waals surface area contributed by atoms with E-state index in [0.29, 0.717) is 26.2 Å². The SMILES string of the molecule is NC(=O)CCCCNCC(O)COCc1ccccc1. The number of aliphatic hydroxyl groups excluding tert-OH is 1. The molecule has 20 heavy (non-hydrogen) atoms. The maximum Gasteiger partial charge on any atom is 0.217 e. The number of benzene rings is 1. The number of amides is 1. The topological polar surface area (TPSA) is 84.6 Å². The van der Waals surface area contributed by atoms with Crippen LogP contribution in [0.5, 0.6) is 0 Å². The molecule has 1 amide bonds. The highest BCUT2D eigenvalue weighted by molar-refractivity contribution is 5.73.